The van der Waals surface area contributed by atoms with Crippen molar-refractivity contribution in [2.24, 2.45) is 0 Å². The molecule has 1 fully saturated rings. The van der Waals surface area contributed by atoms with Crippen LogP contribution in [0.4, 0.5) is 24.9 Å². The van der Waals surface area contributed by atoms with Crippen LogP contribution in [0.2, 0.25) is 0 Å². The lowest BCUT2D eigenvalue weighted by Gasteiger charge is -2.32. The van der Waals surface area contributed by atoms with Gasteiger partial charge in [-0.1, -0.05) is 11.6 Å². The summed E-state index contributed by atoms with van der Waals surface area (Å²) in [6.45, 7) is 5.62. The highest BCUT2D eigenvalue weighted by Gasteiger charge is 2.33. The highest BCUT2D eigenvalue weighted by Crippen LogP contribution is 2.34. The van der Waals surface area contributed by atoms with Crippen molar-refractivity contribution in [2.75, 3.05) is 42.6 Å². The predicted octanol–water partition coefficient (Wildman–Crippen LogP) is 3.75. The first-order valence-electron chi connectivity index (χ1n) is 10.3. The molecule has 0 bridgehead atoms. The maximum absolute atomic E-state index is 13.2. The number of alkyl halides is 3. The molecule has 0 atom stereocenters. The first kappa shape index (κ1) is 20.0. The van der Waals surface area contributed by atoms with Gasteiger partial charge >= 0.3 is 6.18 Å². The number of pyridine rings is 1. The van der Waals surface area contributed by atoms with Gasteiger partial charge in [0.15, 0.2) is 0 Å². The van der Waals surface area contributed by atoms with E-state index in [0.29, 0.717) is 63.0 Å². The number of hydrogen-bond acceptors (Lipinski definition) is 6. The fraction of sp³-hybridized carbons (Fsp3) is 0.409. The molecule has 31 heavy (non-hydrogen) atoms. The summed E-state index contributed by atoms with van der Waals surface area (Å²) in [7, 11) is 0. The lowest BCUT2D eigenvalue weighted by molar-refractivity contribution is -0.137. The summed E-state index contributed by atoms with van der Waals surface area (Å²) >= 11 is 0. The second-order valence-corrected chi connectivity index (χ2v) is 7.97. The molecule has 5 rings (SSSR count). The first-order chi connectivity index (χ1) is 14.9. The number of anilines is 2. The zero-order valence-electron chi connectivity index (χ0n) is 17.1. The summed E-state index contributed by atoms with van der Waals surface area (Å²) in [4.78, 5) is 17.8. The Balaban J connectivity index is 1.57. The SMILES string of the molecule is Cc1ccc2nc(N3CCOCC3)nc(N3CCc4ncc(C(F)(F)F)cc4C3)c2c1. The van der Waals surface area contributed by atoms with Crippen LogP contribution in [0, 0.1) is 6.92 Å². The van der Waals surface area contributed by atoms with E-state index < -0.39 is 11.7 Å². The number of aryl methyl sites for hydroxylation is 1. The van der Waals surface area contributed by atoms with Crippen molar-refractivity contribution >= 4 is 22.7 Å². The highest BCUT2D eigenvalue weighted by molar-refractivity contribution is 5.91. The Kier molecular flexibility index (Phi) is 4.92. The monoisotopic (exact) mass is 429 g/mol. The molecule has 3 aromatic rings. The molecule has 0 radical (unpaired) electrons. The van der Waals surface area contributed by atoms with Gasteiger partial charge in [0.1, 0.15) is 5.82 Å². The number of rotatable bonds is 2. The molecule has 162 valence electrons. The summed E-state index contributed by atoms with van der Waals surface area (Å²) in [5, 5.41) is 0.903. The van der Waals surface area contributed by atoms with Crippen LogP contribution in [0.15, 0.2) is 30.5 Å². The van der Waals surface area contributed by atoms with Crippen LogP contribution in [-0.4, -0.2) is 47.8 Å². The minimum atomic E-state index is -4.41. The number of benzene rings is 1. The van der Waals surface area contributed by atoms with Crippen LogP contribution in [0.1, 0.15) is 22.4 Å². The Bertz CT molecular complexity index is 1130. The number of fused-ring (bicyclic) bond motifs is 2. The molecule has 4 heterocycles. The standard InChI is InChI=1S/C22H22F3N5O/c1-14-2-3-19-17(10-14)20(28-21(27-19)29-6-8-31-9-7-29)30-5-4-18-15(13-30)11-16(12-26-18)22(23,24)25/h2-3,10-12H,4-9,13H2,1H3. The van der Waals surface area contributed by atoms with Gasteiger partial charge in [-0.15, -0.1) is 0 Å². The summed E-state index contributed by atoms with van der Waals surface area (Å²) < 4.78 is 45.0. The zero-order valence-corrected chi connectivity index (χ0v) is 17.1. The third-order valence-electron chi connectivity index (χ3n) is 5.78. The second kappa shape index (κ2) is 7.64. The average molecular weight is 429 g/mol. The molecule has 0 aliphatic carbocycles. The normalized spacial score (nSPS) is 17.2. The van der Waals surface area contributed by atoms with Crippen LogP contribution in [0.5, 0.6) is 0 Å². The minimum Gasteiger partial charge on any atom is -0.378 e. The smallest absolute Gasteiger partial charge is 0.378 e. The Morgan fingerprint density at radius 2 is 1.81 bits per heavy atom. The van der Waals surface area contributed by atoms with Crippen LogP contribution < -0.4 is 9.80 Å². The fourth-order valence-electron chi connectivity index (χ4n) is 4.12. The van der Waals surface area contributed by atoms with Crippen molar-refractivity contribution in [3.8, 4) is 0 Å². The van der Waals surface area contributed by atoms with E-state index in [1.807, 2.05) is 30.0 Å². The Morgan fingerprint density at radius 1 is 1.00 bits per heavy atom. The Morgan fingerprint density at radius 3 is 2.58 bits per heavy atom. The van der Waals surface area contributed by atoms with Gasteiger partial charge in [0.05, 0.1) is 24.3 Å². The molecule has 6 nitrogen and oxygen atoms in total. The fourth-order valence-corrected chi connectivity index (χ4v) is 4.12. The second-order valence-electron chi connectivity index (χ2n) is 7.97. The molecule has 0 amide bonds. The molecular formula is C22H22F3N5O. The molecule has 2 aliphatic rings. The summed E-state index contributed by atoms with van der Waals surface area (Å²) in [6.07, 6.45) is -2.92. The van der Waals surface area contributed by atoms with Crippen molar-refractivity contribution in [2.45, 2.75) is 26.1 Å². The van der Waals surface area contributed by atoms with E-state index in [9.17, 15) is 13.2 Å². The van der Waals surface area contributed by atoms with Crippen LogP contribution >= 0.6 is 0 Å². The van der Waals surface area contributed by atoms with E-state index in [1.54, 1.807) is 0 Å². The summed E-state index contributed by atoms with van der Waals surface area (Å²) in [5.41, 5.74) is 2.49. The predicted molar refractivity (Wildman–Crippen MR) is 111 cm³/mol. The van der Waals surface area contributed by atoms with E-state index in [2.05, 4.69) is 9.88 Å². The molecular weight excluding hydrogens is 407 g/mol. The summed E-state index contributed by atoms with van der Waals surface area (Å²) in [5.74, 6) is 1.38. The molecule has 1 saturated heterocycles. The van der Waals surface area contributed by atoms with E-state index in [1.165, 1.54) is 6.07 Å². The molecule has 0 unspecified atom stereocenters. The number of halogens is 3. The lowest BCUT2D eigenvalue weighted by Crippen LogP contribution is -2.38. The van der Waals surface area contributed by atoms with E-state index in [4.69, 9.17) is 14.7 Å². The topological polar surface area (TPSA) is 54.4 Å². The van der Waals surface area contributed by atoms with Crippen LogP contribution in [0.3, 0.4) is 0 Å². The number of hydrogen-bond donors (Lipinski definition) is 0. The van der Waals surface area contributed by atoms with E-state index >= 15 is 0 Å². The van der Waals surface area contributed by atoms with Crippen molar-refractivity contribution < 1.29 is 17.9 Å². The van der Waals surface area contributed by atoms with Gasteiger partial charge < -0.3 is 14.5 Å². The largest absolute Gasteiger partial charge is 0.417 e. The number of ether oxygens (including phenoxy) is 1. The summed E-state index contributed by atoms with van der Waals surface area (Å²) in [6, 6.07) is 7.23. The highest BCUT2D eigenvalue weighted by atomic mass is 19.4. The van der Waals surface area contributed by atoms with Gasteiger partial charge in [-0.2, -0.15) is 18.2 Å². The van der Waals surface area contributed by atoms with E-state index in [-0.39, 0.29) is 0 Å². The average Bonchev–Trinajstić information content (AvgIpc) is 2.77. The third kappa shape index (κ3) is 3.89. The van der Waals surface area contributed by atoms with Crippen molar-refractivity contribution in [1.82, 2.24) is 15.0 Å². The van der Waals surface area contributed by atoms with Gasteiger partial charge in [-0.25, -0.2) is 4.98 Å². The number of nitrogens with zero attached hydrogens (tertiary/aromatic N) is 5. The minimum absolute atomic E-state index is 0.328. The zero-order chi connectivity index (χ0) is 21.6. The third-order valence-corrected chi connectivity index (χ3v) is 5.78. The first-order valence-corrected chi connectivity index (χ1v) is 10.3. The number of aromatic nitrogens is 3. The Labute approximate surface area is 177 Å². The van der Waals surface area contributed by atoms with Gasteiger partial charge in [-0.05, 0) is 30.7 Å². The van der Waals surface area contributed by atoms with Gasteiger partial charge in [-0.3, -0.25) is 4.98 Å². The molecule has 0 N–H and O–H groups in total. The molecule has 2 aromatic heterocycles. The molecule has 2 aliphatic heterocycles. The molecule has 9 heteroatoms. The van der Waals surface area contributed by atoms with Crippen LogP contribution in [-0.2, 0) is 23.9 Å². The Hall–Kier alpha value is -2.94. The van der Waals surface area contributed by atoms with Crippen molar-refractivity contribution in [1.29, 1.82) is 0 Å². The van der Waals surface area contributed by atoms with Crippen LogP contribution in [0.25, 0.3) is 10.9 Å². The molecule has 0 spiro atoms. The maximum atomic E-state index is 13.2. The van der Waals surface area contributed by atoms with Crippen molar-refractivity contribution in [3.63, 3.8) is 0 Å². The van der Waals surface area contributed by atoms with Gasteiger partial charge in [0.25, 0.3) is 0 Å². The molecule has 0 saturated carbocycles. The quantitative estimate of drug-likeness (QED) is 0.619. The van der Waals surface area contributed by atoms with Crippen molar-refractivity contribution in [3.05, 3.63) is 52.8 Å². The lowest BCUT2D eigenvalue weighted by atomic mass is 10.0. The molecule has 1 aromatic carbocycles. The van der Waals surface area contributed by atoms with Gasteiger partial charge in [0.2, 0.25) is 5.95 Å². The van der Waals surface area contributed by atoms with Gasteiger partial charge in [0, 0.05) is 49.9 Å². The number of morpholine rings is 1. The van der Waals surface area contributed by atoms with E-state index in [0.717, 1.165) is 28.5 Å². The maximum Gasteiger partial charge on any atom is 0.417 e.